The maximum Gasteiger partial charge on any atom is 0.326 e. The average Bonchev–Trinajstić information content (AvgIpc) is 2.70. The van der Waals surface area contributed by atoms with Crippen molar-refractivity contribution in [3.63, 3.8) is 0 Å². The van der Waals surface area contributed by atoms with E-state index in [1.54, 1.807) is 0 Å². The Labute approximate surface area is 104 Å². The molecule has 1 aliphatic rings. The summed E-state index contributed by atoms with van der Waals surface area (Å²) in [5, 5.41) is 13.6. The quantitative estimate of drug-likeness (QED) is 0.649. The number of hydrogen-bond donors (Lipinski definition) is 3. The van der Waals surface area contributed by atoms with E-state index in [-0.39, 0.29) is 5.24 Å². The molecule has 1 fully saturated rings. The van der Waals surface area contributed by atoms with E-state index < -0.39 is 24.0 Å². The molecule has 1 saturated heterocycles. The van der Waals surface area contributed by atoms with Crippen LogP contribution in [0.4, 0.5) is 4.79 Å². The second-order valence-corrected chi connectivity index (χ2v) is 4.83. The molecule has 0 aromatic carbocycles. The lowest BCUT2D eigenvalue weighted by Crippen LogP contribution is -2.49. The van der Waals surface area contributed by atoms with Gasteiger partial charge < -0.3 is 15.7 Å². The Morgan fingerprint density at radius 2 is 2.35 bits per heavy atom. The Morgan fingerprint density at radius 3 is 2.82 bits per heavy atom. The van der Waals surface area contributed by atoms with Crippen LogP contribution in [0.25, 0.3) is 0 Å². The fraction of sp³-hybridized carbons (Fsp3) is 0.700. The van der Waals surface area contributed by atoms with Gasteiger partial charge in [0.1, 0.15) is 12.1 Å². The molecular weight excluding hydrogens is 244 g/mol. The number of amides is 2. The van der Waals surface area contributed by atoms with Gasteiger partial charge in [-0.3, -0.25) is 9.59 Å². The second kappa shape index (κ2) is 6.48. The van der Waals surface area contributed by atoms with Crippen molar-refractivity contribution in [1.82, 2.24) is 10.6 Å². The Morgan fingerprint density at radius 1 is 1.65 bits per heavy atom. The minimum Gasteiger partial charge on any atom is -0.480 e. The summed E-state index contributed by atoms with van der Waals surface area (Å²) in [7, 11) is 0. The number of carboxylic acids is 1. The fourth-order valence-electron chi connectivity index (χ4n) is 1.46. The van der Waals surface area contributed by atoms with Crippen LogP contribution in [-0.2, 0) is 9.59 Å². The van der Waals surface area contributed by atoms with E-state index >= 15 is 0 Å². The lowest BCUT2D eigenvalue weighted by molar-refractivity contribution is -0.142. The molecule has 0 radical (unpaired) electrons. The zero-order chi connectivity index (χ0) is 12.8. The van der Waals surface area contributed by atoms with E-state index in [1.165, 1.54) is 0 Å². The van der Waals surface area contributed by atoms with Crippen molar-refractivity contribution in [2.75, 3.05) is 5.75 Å². The first kappa shape index (κ1) is 13.8. The SMILES string of the molecule is CCCC[C@H](NC(=O)[C@@H]1CSC(=O)N1)C(=O)O. The maximum atomic E-state index is 11.7. The van der Waals surface area contributed by atoms with E-state index in [9.17, 15) is 14.4 Å². The smallest absolute Gasteiger partial charge is 0.326 e. The number of carbonyl (C=O) groups excluding carboxylic acids is 2. The second-order valence-electron chi connectivity index (χ2n) is 3.84. The summed E-state index contributed by atoms with van der Waals surface area (Å²) < 4.78 is 0. The number of unbranched alkanes of at least 4 members (excludes halogenated alkanes) is 1. The van der Waals surface area contributed by atoms with Crippen molar-refractivity contribution in [2.45, 2.75) is 38.3 Å². The average molecular weight is 260 g/mol. The number of aliphatic carboxylic acids is 1. The third-order valence-corrected chi connectivity index (χ3v) is 3.33. The van der Waals surface area contributed by atoms with Crippen molar-refractivity contribution in [1.29, 1.82) is 0 Å². The zero-order valence-electron chi connectivity index (χ0n) is 9.56. The molecule has 0 saturated carbocycles. The first-order valence-electron chi connectivity index (χ1n) is 5.51. The van der Waals surface area contributed by atoms with E-state index in [0.717, 1.165) is 24.6 Å². The normalized spacial score (nSPS) is 20.8. The first-order chi connectivity index (χ1) is 8.04. The van der Waals surface area contributed by atoms with Crippen molar-refractivity contribution in [2.24, 2.45) is 0 Å². The number of carbonyl (C=O) groups is 3. The Hall–Kier alpha value is -1.24. The van der Waals surface area contributed by atoms with Crippen molar-refractivity contribution >= 4 is 28.9 Å². The van der Waals surface area contributed by atoms with E-state index in [2.05, 4.69) is 10.6 Å². The van der Waals surface area contributed by atoms with Gasteiger partial charge in [0.2, 0.25) is 5.91 Å². The minimum absolute atomic E-state index is 0.245. The van der Waals surface area contributed by atoms with Gasteiger partial charge in [0.25, 0.3) is 5.24 Å². The largest absolute Gasteiger partial charge is 0.480 e. The van der Waals surface area contributed by atoms with E-state index in [4.69, 9.17) is 5.11 Å². The van der Waals surface area contributed by atoms with Crippen LogP contribution in [0.15, 0.2) is 0 Å². The van der Waals surface area contributed by atoms with Crippen LogP contribution in [0, 0.1) is 0 Å². The van der Waals surface area contributed by atoms with Gasteiger partial charge in [0.05, 0.1) is 0 Å². The van der Waals surface area contributed by atoms with Crippen molar-refractivity contribution in [3.05, 3.63) is 0 Å². The van der Waals surface area contributed by atoms with Crippen LogP contribution >= 0.6 is 11.8 Å². The van der Waals surface area contributed by atoms with Gasteiger partial charge >= 0.3 is 5.97 Å². The van der Waals surface area contributed by atoms with E-state index in [1.807, 2.05) is 6.92 Å². The van der Waals surface area contributed by atoms with Gasteiger partial charge in [0, 0.05) is 5.75 Å². The topological polar surface area (TPSA) is 95.5 Å². The molecule has 0 unspecified atom stereocenters. The first-order valence-corrected chi connectivity index (χ1v) is 6.49. The molecule has 1 heterocycles. The van der Waals surface area contributed by atoms with Gasteiger partial charge in [-0.1, -0.05) is 31.5 Å². The highest BCUT2D eigenvalue weighted by Gasteiger charge is 2.30. The summed E-state index contributed by atoms with van der Waals surface area (Å²) in [5.41, 5.74) is 0. The molecule has 3 N–H and O–H groups in total. The maximum absolute atomic E-state index is 11.7. The number of thioether (sulfide) groups is 1. The van der Waals surface area contributed by atoms with Crippen LogP contribution in [0.3, 0.4) is 0 Å². The lowest BCUT2D eigenvalue weighted by atomic mass is 10.1. The molecule has 1 aliphatic heterocycles. The van der Waals surface area contributed by atoms with Gasteiger partial charge in [-0.15, -0.1) is 0 Å². The fourth-order valence-corrected chi connectivity index (χ4v) is 2.24. The molecule has 0 spiro atoms. The highest BCUT2D eigenvalue weighted by atomic mass is 32.2. The molecule has 0 aromatic heterocycles. The summed E-state index contributed by atoms with van der Waals surface area (Å²) in [5.74, 6) is -1.11. The zero-order valence-corrected chi connectivity index (χ0v) is 10.4. The molecule has 2 amide bonds. The standard InChI is InChI=1S/C10H16N2O4S/c1-2-3-4-6(9(14)15)11-8(13)7-5-17-10(16)12-7/h6-7H,2-5H2,1H3,(H,11,13)(H,12,16)(H,14,15)/t6-,7-/m0/s1. The summed E-state index contributed by atoms with van der Waals surface area (Å²) in [4.78, 5) is 33.5. The van der Waals surface area contributed by atoms with Gasteiger partial charge in [-0.05, 0) is 6.42 Å². The van der Waals surface area contributed by atoms with Gasteiger partial charge in [-0.25, -0.2) is 4.79 Å². The lowest BCUT2D eigenvalue weighted by Gasteiger charge is -2.16. The van der Waals surface area contributed by atoms with Crippen molar-refractivity contribution < 1.29 is 19.5 Å². The third kappa shape index (κ3) is 4.26. The molecule has 6 nitrogen and oxygen atoms in total. The van der Waals surface area contributed by atoms with Crippen LogP contribution in [0.5, 0.6) is 0 Å². The number of rotatable bonds is 6. The van der Waals surface area contributed by atoms with Gasteiger partial charge in [-0.2, -0.15) is 0 Å². The Bertz CT molecular complexity index is 321. The highest BCUT2D eigenvalue weighted by Crippen LogP contribution is 2.13. The highest BCUT2D eigenvalue weighted by molar-refractivity contribution is 8.14. The molecule has 1 rings (SSSR count). The summed E-state index contributed by atoms with van der Waals surface area (Å²) in [6, 6.07) is -1.49. The molecule has 7 heteroatoms. The van der Waals surface area contributed by atoms with E-state index in [0.29, 0.717) is 12.2 Å². The monoisotopic (exact) mass is 260 g/mol. The Balaban J connectivity index is 2.46. The van der Waals surface area contributed by atoms with Crippen LogP contribution in [-0.4, -0.2) is 40.1 Å². The molecular formula is C10H16N2O4S. The van der Waals surface area contributed by atoms with Gasteiger partial charge in [0.15, 0.2) is 0 Å². The number of hydrogen-bond acceptors (Lipinski definition) is 4. The minimum atomic E-state index is -1.04. The molecule has 0 bridgehead atoms. The molecule has 0 aromatic rings. The molecule has 17 heavy (non-hydrogen) atoms. The predicted octanol–water partition coefficient (Wildman–Crippen LogP) is 0.571. The van der Waals surface area contributed by atoms with Crippen LogP contribution in [0.1, 0.15) is 26.2 Å². The third-order valence-electron chi connectivity index (χ3n) is 2.45. The summed E-state index contributed by atoms with van der Waals surface area (Å²) in [6.07, 6.45) is 2.02. The number of nitrogens with one attached hydrogen (secondary N) is 2. The summed E-state index contributed by atoms with van der Waals surface area (Å²) >= 11 is 1.03. The molecule has 2 atom stereocenters. The molecule has 96 valence electrons. The molecule has 0 aliphatic carbocycles. The Kier molecular flexibility index (Phi) is 5.27. The van der Waals surface area contributed by atoms with Crippen molar-refractivity contribution in [3.8, 4) is 0 Å². The van der Waals surface area contributed by atoms with Crippen LogP contribution < -0.4 is 10.6 Å². The van der Waals surface area contributed by atoms with Crippen LogP contribution in [0.2, 0.25) is 0 Å². The summed E-state index contributed by atoms with van der Waals surface area (Å²) in [6.45, 7) is 1.95. The number of carboxylic acid groups (broad SMARTS) is 1. The predicted molar refractivity (Wildman–Crippen MR) is 63.9 cm³/mol.